The number of rotatable bonds is 8. The van der Waals surface area contributed by atoms with Crippen LogP contribution >= 0.6 is 0 Å². The molecule has 8 atom stereocenters. The van der Waals surface area contributed by atoms with E-state index in [2.05, 4.69) is 29.4 Å². The van der Waals surface area contributed by atoms with Crippen molar-refractivity contribution < 1.29 is 23.9 Å². The Morgan fingerprint density at radius 3 is 2.68 bits per heavy atom. The Bertz CT molecular complexity index is 1200. The number of benzene rings is 1. The number of carbonyl (C=O) groups is 3. The lowest BCUT2D eigenvalue weighted by Gasteiger charge is -2.38. The molecular formula is C32H44N4O5. The number of likely N-dealkylation sites (tertiary alicyclic amines) is 1. The number of anilines is 1. The van der Waals surface area contributed by atoms with Crippen molar-refractivity contribution in [3.05, 3.63) is 42.0 Å². The number of nitrogens with zero attached hydrogens (tertiary/aromatic N) is 2. The maximum atomic E-state index is 14.2. The first kappa shape index (κ1) is 28.4. The number of nitrogens with one attached hydrogen (secondary N) is 2. The molecule has 222 valence electrons. The van der Waals surface area contributed by atoms with Crippen LogP contribution in [0.3, 0.4) is 0 Å². The average Bonchev–Trinajstić information content (AvgIpc) is 3.59. The zero-order valence-electron chi connectivity index (χ0n) is 24.5. The van der Waals surface area contributed by atoms with E-state index in [0.717, 1.165) is 44.5 Å². The summed E-state index contributed by atoms with van der Waals surface area (Å²) in [6, 6.07) is 6.90. The van der Waals surface area contributed by atoms with Gasteiger partial charge in [-0.2, -0.15) is 0 Å². The number of fused-ring (bicyclic) bond motifs is 1. The van der Waals surface area contributed by atoms with Crippen LogP contribution in [0.4, 0.5) is 5.69 Å². The molecule has 1 aromatic rings. The predicted molar refractivity (Wildman–Crippen MR) is 155 cm³/mol. The molecule has 6 rings (SSSR count). The third-order valence-corrected chi connectivity index (χ3v) is 10.2. The standard InChI is InChI=1S/C32H44N4O5/c1-20-7-4-9-23(19-20)33-29(37)26-25-11-12-32(41-25)27(26)31(39)36(14-6-13-35-15-17-40-18-16-35)28(32)30(38)34-24-10-5-8-21(2)22(24)3/h4,7,9,11-12,19,21-22,24-28H,5-6,8,10,13-18H2,1-3H3,(H,33,37)(H,34,38). The van der Waals surface area contributed by atoms with E-state index in [4.69, 9.17) is 9.47 Å². The van der Waals surface area contributed by atoms with Gasteiger partial charge < -0.3 is 25.0 Å². The van der Waals surface area contributed by atoms with E-state index < -0.39 is 29.6 Å². The van der Waals surface area contributed by atoms with Crippen LogP contribution in [0.5, 0.6) is 0 Å². The molecule has 9 nitrogen and oxygen atoms in total. The van der Waals surface area contributed by atoms with Crippen molar-refractivity contribution in [2.45, 2.75) is 70.2 Å². The zero-order valence-corrected chi connectivity index (χ0v) is 24.5. The summed E-state index contributed by atoms with van der Waals surface area (Å²) in [5.74, 6) is -1.10. The van der Waals surface area contributed by atoms with Gasteiger partial charge in [0.05, 0.1) is 31.2 Å². The van der Waals surface area contributed by atoms with Gasteiger partial charge in [-0.1, -0.05) is 51.0 Å². The Morgan fingerprint density at radius 1 is 1.10 bits per heavy atom. The quantitative estimate of drug-likeness (QED) is 0.471. The van der Waals surface area contributed by atoms with Gasteiger partial charge in [-0.05, 0) is 49.3 Å². The fourth-order valence-corrected chi connectivity index (χ4v) is 7.79. The van der Waals surface area contributed by atoms with E-state index in [-0.39, 0.29) is 23.8 Å². The molecule has 1 spiro atoms. The lowest BCUT2D eigenvalue weighted by atomic mass is 9.73. The average molecular weight is 565 g/mol. The SMILES string of the molecule is Cc1cccc(NC(=O)C2C3C=CC4(O3)C2C(=O)N(CCCN2CCOCC2)C4C(=O)NC2CCCC(C)C2C)c1. The van der Waals surface area contributed by atoms with Gasteiger partial charge in [0.2, 0.25) is 17.7 Å². The molecule has 1 saturated carbocycles. The molecule has 9 heteroatoms. The molecule has 41 heavy (non-hydrogen) atoms. The minimum atomic E-state index is -1.14. The van der Waals surface area contributed by atoms with Gasteiger partial charge >= 0.3 is 0 Å². The van der Waals surface area contributed by atoms with Crippen LogP contribution in [-0.4, -0.2) is 90.7 Å². The van der Waals surface area contributed by atoms with Crippen LogP contribution in [0.15, 0.2) is 36.4 Å². The predicted octanol–water partition coefficient (Wildman–Crippen LogP) is 2.75. The summed E-state index contributed by atoms with van der Waals surface area (Å²) in [7, 11) is 0. The molecule has 1 aromatic carbocycles. The Hall–Kier alpha value is -2.75. The maximum Gasteiger partial charge on any atom is 0.246 e. The van der Waals surface area contributed by atoms with Gasteiger partial charge in [-0.3, -0.25) is 19.3 Å². The summed E-state index contributed by atoms with van der Waals surface area (Å²) in [6.45, 7) is 10.9. The molecule has 5 aliphatic rings. The minimum absolute atomic E-state index is 0.0648. The van der Waals surface area contributed by atoms with Crippen molar-refractivity contribution in [1.29, 1.82) is 0 Å². The highest BCUT2D eigenvalue weighted by molar-refractivity contribution is 6.02. The fraction of sp³-hybridized carbons (Fsp3) is 0.656. The third-order valence-electron chi connectivity index (χ3n) is 10.2. The third kappa shape index (κ3) is 5.21. The van der Waals surface area contributed by atoms with E-state index in [9.17, 15) is 14.4 Å². The molecule has 4 heterocycles. The Balaban J connectivity index is 1.25. The molecule has 2 N–H and O–H groups in total. The maximum absolute atomic E-state index is 14.2. The number of aryl methyl sites for hydroxylation is 1. The molecule has 3 amide bonds. The summed E-state index contributed by atoms with van der Waals surface area (Å²) in [6.07, 6.45) is 7.17. The van der Waals surface area contributed by atoms with Gasteiger partial charge in [-0.25, -0.2) is 0 Å². The van der Waals surface area contributed by atoms with Crippen LogP contribution in [-0.2, 0) is 23.9 Å². The Labute approximate surface area is 243 Å². The molecule has 8 unspecified atom stereocenters. The number of carbonyl (C=O) groups excluding carboxylic acids is 3. The summed E-state index contributed by atoms with van der Waals surface area (Å²) in [5, 5.41) is 6.36. The van der Waals surface area contributed by atoms with Crippen LogP contribution in [0.25, 0.3) is 0 Å². The van der Waals surface area contributed by atoms with Crippen LogP contribution in [0.1, 0.15) is 45.1 Å². The van der Waals surface area contributed by atoms with E-state index in [1.165, 1.54) is 6.42 Å². The Morgan fingerprint density at radius 2 is 1.90 bits per heavy atom. The number of ether oxygens (including phenoxy) is 2. The summed E-state index contributed by atoms with van der Waals surface area (Å²) >= 11 is 0. The van der Waals surface area contributed by atoms with E-state index in [1.807, 2.05) is 43.3 Å². The molecule has 4 aliphatic heterocycles. The first-order valence-electron chi connectivity index (χ1n) is 15.4. The molecule has 3 saturated heterocycles. The highest BCUT2D eigenvalue weighted by atomic mass is 16.5. The van der Waals surface area contributed by atoms with Gasteiger partial charge in [0.15, 0.2) is 0 Å². The first-order valence-corrected chi connectivity index (χ1v) is 15.4. The van der Waals surface area contributed by atoms with Crippen molar-refractivity contribution >= 4 is 23.4 Å². The molecular weight excluding hydrogens is 520 g/mol. The lowest BCUT2D eigenvalue weighted by molar-refractivity contribution is -0.141. The van der Waals surface area contributed by atoms with Crippen LogP contribution in [0.2, 0.25) is 0 Å². The van der Waals surface area contributed by atoms with Crippen molar-refractivity contribution in [3.63, 3.8) is 0 Å². The van der Waals surface area contributed by atoms with Crippen molar-refractivity contribution in [1.82, 2.24) is 15.1 Å². The first-order chi connectivity index (χ1) is 19.8. The second kappa shape index (κ2) is 11.5. The highest BCUT2D eigenvalue weighted by Gasteiger charge is 2.72. The number of morpholine rings is 1. The van der Waals surface area contributed by atoms with Crippen LogP contribution in [0, 0.1) is 30.6 Å². The van der Waals surface area contributed by atoms with Gasteiger partial charge in [-0.15, -0.1) is 0 Å². The molecule has 4 fully saturated rings. The van der Waals surface area contributed by atoms with Crippen molar-refractivity contribution in [3.8, 4) is 0 Å². The van der Waals surface area contributed by atoms with Gasteiger partial charge in [0.1, 0.15) is 11.6 Å². The number of amides is 3. The molecule has 0 radical (unpaired) electrons. The van der Waals surface area contributed by atoms with Gasteiger partial charge in [0, 0.05) is 37.9 Å². The van der Waals surface area contributed by atoms with Crippen molar-refractivity contribution in [2.24, 2.45) is 23.7 Å². The normalized spacial score (nSPS) is 36.4. The second-order valence-electron chi connectivity index (χ2n) is 12.8. The summed E-state index contributed by atoms with van der Waals surface area (Å²) < 4.78 is 12.0. The number of hydrogen-bond acceptors (Lipinski definition) is 6. The molecule has 0 aromatic heterocycles. The lowest BCUT2D eigenvalue weighted by Crippen LogP contribution is -2.58. The topological polar surface area (TPSA) is 100 Å². The van der Waals surface area contributed by atoms with E-state index >= 15 is 0 Å². The van der Waals surface area contributed by atoms with E-state index in [1.54, 1.807) is 4.90 Å². The highest BCUT2D eigenvalue weighted by Crippen LogP contribution is 2.55. The molecule has 1 aliphatic carbocycles. The number of hydrogen-bond donors (Lipinski definition) is 2. The zero-order chi connectivity index (χ0) is 28.7. The van der Waals surface area contributed by atoms with E-state index in [0.29, 0.717) is 37.3 Å². The monoisotopic (exact) mass is 564 g/mol. The summed E-state index contributed by atoms with van der Waals surface area (Å²) in [4.78, 5) is 46.1. The van der Waals surface area contributed by atoms with Crippen molar-refractivity contribution in [2.75, 3.05) is 44.7 Å². The second-order valence-corrected chi connectivity index (χ2v) is 12.8. The molecule has 2 bridgehead atoms. The van der Waals surface area contributed by atoms with Crippen LogP contribution < -0.4 is 10.6 Å². The Kier molecular flexibility index (Phi) is 7.96. The van der Waals surface area contributed by atoms with Gasteiger partial charge in [0.25, 0.3) is 0 Å². The minimum Gasteiger partial charge on any atom is -0.379 e. The summed E-state index contributed by atoms with van der Waals surface area (Å²) in [5.41, 5.74) is 0.594. The smallest absolute Gasteiger partial charge is 0.246 e. The fourth-order valence-electron chi connectivity index (χ4n) is 7.79. The largest absolute Gasteiger partial charge is 0.379 e.